The molecule has 2 aromatic carbocycles. The molecule has 29 heavy (non-hydrogen) atoms. The lowest BCUT2D eigenvalue weighted by Gasteiger charge is -2.25. The average Bonchev–Trinajstić information content (AvgIpc) is 2.73. The van der Waals surface area contributed by atoms with Crippen LogP contribution in [-0.2, 0) is 9.59 Å². The molecule has 154 valence electrons. The lowest BCUT2D eigenvalue weighted by molar-refractivity contribution is -0.140. The van der Waals surface area contributed by atoms with E-state index in [0.717, 1.165) is 0 Å². The lowest BCUT2D eigenvalue weighted by atomic mass is 10.2. The molecule has 0 spiro atoms. The maximum absolute atomic E-state index is 12.7. The summed E-state index contributed by atoms with van der Waals surface area (Å²) in [5, 5.41) is 3.20. The molecule has 0 unspecified atom stereocenters. The molecule has 3 rings (SSSR count). The zero-order chi connectivity index (χ0) is 20.8. The van der Waals surface area contributed by atoms with Gasteiger partial charge in [-0.05, 0) is 38.1 Å². The Balaban J connectivity index is 1.59. The molecule has 0 aliphatic carbocycles. The number of rotatable bonds is 7. The minimum absolute atomic E-state index is 0.0972. The highest BCUT2D eigenvalue weighted by Gasteiger charge is 2.24. The molecule has 1 N–H and O–H groups in total. The summed E-state index contributed by atoms with van der Waals surface area (Å²) in [6.07, 6.45) is -0.781. The van der Waals surface area contributed by atoms with Crippen molar-refractivity contribution >= 4 is 29.1 Å². The SMILES string of the molecule is CCN(CC(=O)Nc1ccc2c(c1)OCCO2)C(=O)[C@@H](C)Oc1ccccc1Cl. The molecule has 2 amide bonds. The Morgan fingerprint density at radius 2 is 1.90 bits per heavy atom. The number of halogens is 1. The average molecular weight is 419 g/mol. The van der Waals surface area contributed by atoms with E-state index in [1.54, 1.807) is 56.3 Å². The first-order chi connectivity index (χ1) is 14.0. The highest BCUT2D eigenvalue weighted by Crippen LogP contribution is 2.32. The van der Waals surface area contributed by atoms with Gasteiger partial charge in [0.1, 0.15) is 19.0 Å². The van der Waals surface area contributed by atoms with Crippen molar-refractivity contribution in [1.29, 1.82) is 0 Å². The van der Waals surface area contributed by atoms with Crippen LogP contribution in [0.2, 0.25) is 5.02 Å². The van der Waals surface area contributed by atoms with Crippen molar-refractivity contribution < 1.29 is 23.8 Å². The second-order valence-electron chi connectivity index (χ2n) is 6.45. The standard InChI is InChI=1S/C21H23ClN2O5/c1-3-24(21(26)14(2)29-17-7-5-4-6-16(17)22)13-20(25)23-15-8-9-18-19(12-15)28-11-10-27-18/h4-9,12,14H,3,10-11,13H2,1-2H3,(H,23,25)/t14-/m1/s1. The maximum Gasteiger partial charge on any atom is 0.263 e. The van der Waals surface area contributed by atoms with Crippen LogP contribution < -0.4 is 19.5 Å². The number of fused-ring (bicyclic) bond motifs is 1. The number of likely N-dealkylation sites (N-methyl/N-ethyl adjacent to an activating group) is 1. The quantitative estimate of drug-likeness (QED) is 0.746. The molecule has 1 aliphatic rings. The van der Waals surface area contributed by atoms with Crippen LogP contribution >= 0.6 is 11.6 Å². The van der Waals surface area contributed by atoms with Crippen molar-refractivity contribution in [3.05, 3.63) is 47.5 Å². The van der Waals surface area contributed by atoms with Crippen molar-refractivity contribution in [2.24, 2.45) is 0 Å². The minimum atomic E-state index is -0.781. The number of carbonyl (C=O) groups excluding carboxylic acids is 2. The van der Waals surface area contributed by atoms with Crippen molar-refractivity contribution in [3.8, 4) is 17.2 Å². The molecule has 1 atom stereocenters. The van der Waals surface area contributed by atoms with Gasteiger partial charge in [-0.3, -0.25) is 9.59 Å². The number of anilines is 1. The largest absolute Gasteiger partial charge is 0.486 e. The van der Waals surface area contributed by atoms with E-state index in [1.807, 2.05) is 0 Å². The molecule has 0 saturated carbocycles. The number of ether oxygens (including phenoxy) is 3. The third-order valence-corrected chi connectivity index (χ3v) is 4.65. The third kappa shape index (κ3) is 5.32. The summed E-state index contributed by atoms with van der Waals surface area (Å²) in [7, 11) is 0. The first-order valence-electron chi connectivity index (χ1n) is 9.37. The highest BCUT2D eigenvalue weighted by molar-refractivity contribution is 6.32. The molecule has 0 bridgehead atoms. The predicted octanol–water partition coefficient (Wildman–Crippen LogP) is 3.37. The summed E-state index contributed by atoms with van der Waals surface area (Å²) >= 11 is 6.08. The number of carbonyl (C=O) groups is 2. The molecule has 0 saturated heterocycles. The number of nitrogens with zero attached hydrogens (tertiary/aromatic N) is 1. The molecular formula is C21H23ClN2O5. The fourth-order valence-corrected chi connectivity index (χ4v) is 3.06. The van der Waals surface area contributed by atoms with Gasteiger partial charge in [0.15, 0.2) is 17.6 Å². The van der Waals surface area contributed by atoms with E-state index in [1.165, 1.54) is 4.90 Å². The summed E-state index contributed by atoms with van der Waals surface area (Å²) in [6.45, 7) is 4.67. The minimum Gasteiger partial charge on any atom is -0.486 e. The van der Waals surface area contributed by atoms with Crippen molar-refractivity contribution in [2.75, 3.05) is 31.6 Å². The van der Waals surface area contributed by atoms with Gasteiger partial charge in [0, 0.05) is 18.3 Å². The van der Waals surface area contributed by atoms with Crippen LogP contribution in [0.5, 0.6) is 17.2 Å². The molecule has 2 aromatic rings. The Hall–Kier alpha value is -2.93. The van der Waals surface area contributed by atoms with Gasteiger partial charge >= 0.3 is 0 Å². The van der Waals surface area contributed by atoms with Crippen LogP contribution in [0.15, 0.2) is 42.5 Å². The Kier molecular flexibility index (Phi) is 6.82. The zero-order valence-corrected chi connectivity index (χ0v) is 17.1. The van der Waals surface area contributed by atoms with Gasteiger partial charge in [-0.2, -0.15) is 0 Å². The van der Waals surface area contributed by atoms with E-state index in [-0.39, 0.29) is 18.4 Å². The summed E-state index contributed by atoms with van der Waals surface area (Å²) in [6, 6.07) is 12.1. The second kappa shape index (κ2) is 9.52. The number of amides is 2. The molecule has 7 nitrogen and oxygen atoms in total. The normalized spacial score (nSPS) is 13.3. The van der Waals surface area contributed by atoms with Crippen LogP contribution in [0.3, 0.4) is 0 Å². The molecule has 1 heterocycles. The van der Waals surface area contributed by atoms with Gasteiger partial charge in [0.25, 0.3) is 5.91 Å². The predicted molar refractivity (Wildman–Crippen MR) is 110 cm³/mol. The monoisotopic (exact) mass is 418 g/mol. The summed E-state index contributed by atoms with van der Waals surface area (Å²) in [5.41, 5.74) is 0.572. The molecule has 8 heteroatoms. The number of hydrogen-bond acceptors (Lipinski definition) is 5. The van der Waals surface area contributed by atoms with E-state index >= 15 is 0 Å². The van der Waals surface area contributed by atoms with E-state index in [9.17, 15) is 9.59 Å². The summed E-state index contributed by atoms with van der Waals surface area (Å²) in [4.78, 5) is 26.6. The Labute approximate surface area is 174 Å². The maximum atomic E-state index is 12.7. The van der Waals surface area contributed by atoms with Crippen LogP contribution in [0, 0.1) is 0 Å². The van der Waals surface area contributed by atoms with Crippen LogP contribution in [0.1, 0.15) is 13.8 Å². The first kappa shape index (κ1) is 20.8. The lowest BCUT2D eigenvalue weighted by Crippen LogP contribution is -2.44. The highest BCUT2D eigenvalue weighted by atomic mass is 35.5. The fourth-order valence-electron chi connectivity index (χ4n) is 2.88. The van der Waals surface area contributed by atoms with Crippen LogP contribution in [0.4, 0.5) is 5.69 Å². The van der Waals surface area contributed by atoms with Crippen molar-refractivity contribution in [2.45, 2.75) is 20.0 Å². The van der Waals surface area contributed by atoms with Crippen LogP contribution in [0.25, 0.3) is 0 Å². The van der Waals surface area contributed by atoms with E-state index < -0.39 is 6.10 Å². The van der Waals surface area contributed by atoms with Gasteiger partial charge in [-0.15, -0.1) is 0 Å². The van der Waals surface area contributed by atoms with Crippen molar-refractivity contribution in [3.63, 3.8) is 0 Å². The summed E-state index contributed by atoms with van der Waals surface area (Å²) in [5.74, 6) is 1.03. The van der Waals surface area contributed by atoms with E-state index in [2.05, 4.69) is 5.32 Å². The Morgan fingerprint density at radius 3 is 2.62 bits per heavy atom. The van der Waals surface area contributed by atoms with Gasteiger partial charge < -0.3 is 24.4 Å². The summed E-state index contributed by atoms with van der Waals surface area (Å²) < 4.78 is 16.6. The van der Waals surface area contributed by atoms with Gasteiger partial charge in [0.2, 0.25) is 5.91 Å². The smallest absolute Gasteiger partial charge is 0.263 e. The second-order valence-corrected chi connectivity index (χ2v) is 6.86. The molecular weight excluding hydrogens is 396 g/mol. The molecule has 1 aliphatic heterocycles. The molecule has 0 radical (unpaired) electrons. The van der Waals surface area contributed by atoms with Crippen LogP contribution in [-0.4, -0.2) is 49.1 Å². The van der Waals surface area contributed by atoms with E-state index in [0.29, 0.717) is 47.7 Å². The molecule has 0 fully saturated rings. The zero-order valence-electron chi connectivity index (χ0n) is 16.3. The van der Waals surface area contributed by atoms with Crippen molar-refractivity contribution in [1.82, 2.24) is 4.90 Å². The number of benzene rings is 2. The Bertz CT molecular complexity index is 889. The van der Waals surface area contributed by atoms with Gasteiger partial charge in [0.05, 0.1) is 11.6 Å². The third-order valence-electron chi connectivity index (χ3n) is 4.34. The molecule has 0 aromatic heterocycles. The fraction of sp³-hybridized carbons (Fsp3) is 0.333. The first-order valence-corrected chi connectivity index (χ1v) is 9.75. The number of hydrogen-bond donors (Lipinski definition) is 1. The van der Waals surface area contributed by atoms with Gasteiger partial charge in [-0.25, -0.2) is 0 Å². The number of nitrogens with one attached hydrogen (secondary N) is 1. The Morgan fingerprint density at radius 1 is 1.17 bits per heavy atom. The van der Waals surface area contributed by atoms with Gasteiger partial charge in [-0.1, -0.05) is 23.7 Å². The van der Waals surface area contributed by atoms with E-state index in [4.69, 9.17) is 25.8 Å². The number of para-hydroxylation sites is 1. The topological polar surface area (TPSA) is 77.1 Å².